The molecule has 1 aromatic carbocycles. The highest BCUT2D eigenvalue weighted by molar-refractivity contribution is 5.77. The lowest BCUT2D eigenvalue weighted by Gasteiger charge is -2.33. The van der Waals surface area contributed by atoms with Crippen LogP contribution in [0, 0.1) is 5.92 Å². The number of nitrogens with zero attached hydrogens (tertiary/aromatic N) is 1. The molecule has 1 aliphatic heterocycles. The molecule has 25 heavy (non-hydrogen) atoms. The molecule has 0 saturated carbocycles. The third-order valence-corrected chi connectivity index (χ3v) is 4.27. The SMILES string of the molecule is CC(C)CN1CCOC(CNC(=O)COc2cccc(C(C)C)c2)C1. The fourth-order valence-corrected chi connectivity index (χ4v) is 2.98. The van der Waals surface area contributed by atoms with Crippen LogP contribution >= 0.6 is 0 Å². The Kier molecular flexibility index (Phi) is 7.72. The van der Waals surface area contributed by atoms with Crippen LogP contribution in [0.3, 0.4) is 0 Å². The first kappa shape index (κ1) is 19.7. The molecule has 1 aliphatic rings. The summed E-state index contributed by atoms with van der Waals surface area (Å²) in [6.07, 6.45) is 0.0562. The largest absolute Gasteiger partial charge is 0.484 e. The van der Waals surface area contributed by atoms with Crippen molar-refractivity contribution < 1.29 is 14.3 Å². The summed E-state index contributed by atoms with van der Waals surface area (Å²) in [5.41, 5.74) is 1.21. The maximum Gasteiger partial charge on any atom is 0.258 e. The van der Waals surface area contributed by atoms with Gasteiger partial charge in [-0.2, -0.15) is 0 Å². The van der Waals surface area contributed by atoms with Gasteiger partial charge < -0.3 is 14.8 Å². The van der Waals surface area contributed by atoms with E-state index in [0.29, 0.717) is 18.4 Å². The van der Waals surface area contributed by atoms with Gasteiger partial charge in [0.1, 0.15) is 5.75 Å². The van der Waals surface area contributed by atoms with E-state index in [1.165, 1.54) is 5.56 Å². The molecule has 0 aliphatic carbocycles. The molecule has 5 heteroatoms. The van der Waals surface area contributed by atoms with Crippen LogP contribution in [-0.4, -0.2) is 56.3 Å². The summed E-state index contributed by atoms with van der Waals surface area (Å²) in [5, 5.41) is 2.92. The molecule has 1 unspecified atom stereocenters. The lowest BCUT2D eigenvalue weighted by atomic mass is 10.0. The Morgan fingerprint density at radius 1 is 1.36 bits per heavy atom. The quantitative estimate of drug-likeness (QED) is 0.785. The summed E-state index contributed by atoms with van der Waals surface area (Å²) in [6, 6.07) is 7.90. The molecular formula is C20H32N2O3. The first-order valence-electron chi connectivity index (χ1n) is 9.27. The fraction of sp³-hybridized carbons (Fsp3) is 0.650. The minimum Gasteiger partial charge on any atom is -0.484 e. The Labute approximate surface area is 151 Å². The van der Waals surface area contributed by atoms with Crippen molar-refractivity contribution in [3.8, 4) is 5.75 Å². The van der Waals surface area contributed by atoms with E-state index < -0.39 is 0 Å². The van der Waals surface area contributed by atoms with Gasteiger partial charge in [-0.1, -0.05) is 39.8 Å². The number of nitrogens with one attached hydrogen (secondary N) is 1. The second-order valence-corrected chi connectivity index (χ2v) is 7.47. The maximum atomic E-state index is 12.0. The van der Waals surface area contributed by atoms with Crippen LogP contribution in [-0.2, 0) is 9.53 Å². The number of carbonyl (C=O) groups is 1. The van der Waals surface area contributed by atoms with E-state index in [4.69, 9.17) is 9.47 Å². The molecule has 0 spiro atoms. The van der Waals surface area contributed by atoms with E-state index in [2.05, 4.69) is 44.0 Å². The van der Waals surface area contributed by atoms with Gasteiger partial charge in [-0.05, 0) is 29.5 Å². The van der Waals surface area contributed by atoms with Gasteiger partial charge >= 0.3 is 0 Å². The normalized spacial score (nSPS) is 18.6. The minimum absolute atomic E-state index is 0.0317. The third kappa shape index (κ3) is 7.04. The Bertz CT molecular complexity index is 545. The van der Waals surface area contributed by atoms with Gasteiger partial charge in [0, 0.05) is 26.2 Å². The standard InChI is InChI=1S/C20H32N2O3/c1-15(2)12-22-8-9-24-19(13-22)11-21-20(23)14-25-18-7-5-6-17(10-18)16(3)4/h5-7,10,15-16,19H,8-9,11-14H2,1-4H3,(H,21,23). The molecular weight excluding hydrogens is 316 g/mol. The summed E-state index contributed by atoms with van der Waals surface area (Å²) in [4.78, 5) is 14.4. The molecule has 1 saturated heterocycles. The molecule has 0 radical (unpaired) electrons. The highest BCUT2D eigenvalue weighted by atomic mass is 16.5. The van der Waals surface area contributed by atoms with Crippen LogP contribution in [0.4, 0.5) is 0 Å². The molecule has 1 fully saturated rings. The minimum atomic E-state index is -0.112. The molecule has 1 amide bonds. The van der Waals surface area contributed by atoms with E-state index in [-0.39, 0.29) is 18.6 Å². The number of benzene rings is 1. The van der Waals surface area contributed by atoms with Crippen LogP contribution in [0.5, 0.6) is 5.75 Å². The predicted molar refractivity (Wildman–Crippen MR) is 100 cm³/mol. The zero-order valence-corrected chi connectivity index (χ0v) is 16.0. The Balaban J connectivity index is 1.71. The van der Waals surface area contributed by atoms with Gasteiger partial charge in [0.05, 0.1) is 12.7 Å². The molecule has 0 aromatic heterocycles. The Morgan fingerprint density at radius 3 is 2.88 bits per heavy atom. The summed E-state index contributed by atoms with van der Waals surface area (Å²) >= 11 is 0. The van der Waals surface area contributed by atoms with Gasteiger partial charge in [0.2, 0.25) is 0 Å². The number of morpholine rings is 1. The van der Waals surface area contributed by atoms with Crippen LogP contribution < -0.4 is 10.1 Å². The van der Waals surface area contributed by atoms with Gasteiger partial charge in [-0.25, -0.2) is 0 Å². The lowest BCUT2D eigenvalue weighted by Crippen LogP contribution is -2.48. The van der Waals surface area contributed by atoms with Gasteiger partial charge in [-0.15, -0.1) is 0 Å². The smallest absolute Gasteiger partial charge is 0.258 e. The first-order valence-corrected chi connectivity index (χ1v) is 9.27. The maximum absolute atomic E-state index is 12.0. The summed E-state index contributed by atoms with van der Waals surface area (Å²) in [5.74, 6) is 1.70. The average Bonchev–Trinajstić information content (AvgIpc) is 2.58. The number of rotatable bonds is 8. The predicted octanol–water partition coefficient (Wildman–Crippen LogP) is 2.66. The highest BCUT2D eigenvalue weighted by Gasteiger charge is 2.21. The molecule has 1 atom stereocenters. The first-order chi connectivity index (χ1) is 11.9. The van der Waals surface area contributed by atoms with E-state index in [0.717, 1.165) is 32.0 Å². The number of amides is 1. The second kappa shape index (κ2) is 9.78. The van der Waals surface area contributed by atoms with Crippen molar-refractivity contribution in [3.05, 3.63) is 29.8 Å². The monoisotopic (exact) mass is 348 g/mol. The number of carbonyl (C=O) groups excluding carboxylic acids is 1. The molecule has 140 valence electrons. The summed E-state index contributed by atoms with van der Waals surface area (Å²) in [6.45, 7) is 12.9. The molecule has 0 bridgehead atoms. The zero-order valence-electron chi connectivity index (χ0n) is 16.0. The highest BCUT2D eigenvalue weighted by Crippen LogP contribution is 2.19. The number of hydrogen-bond acceptors (Lipinski definition) is 4. The van der Waals surface area contributed by atoms with Crippen LogP contribution in [0.2, 0.25) is 0 Å². The van der Waals surface area contributed by atoms with Crippen molar-refractivity contribution in [2.24, 2.45) is 5.92 Å². The van der Waals surface area contributed by atoms with E-state index in [1.54, 1.807) is 0 Å². The van der Waals surface area contributed by atoms with Crippen molar-refractivity contribution in [3.63, 3.8) is 0 Å². The van der Waals surface area contributed by atoms with Gasteiger partial charge in [-0.3, -0.25) is 9.69 Å². The fourth-order valence-electron chi connectivity index (χ4n) is 2.98. The second-order valence-electron chi connectivity index (χ2n) is 7.47. The molecule has 1 heterocycles. The van der Waals surface area contributed by atoms with E-state index in [9.17, 15) is 4.79 Å². The topological polar surface area (TPSA) is 50.8 Å². The van der Waals surface area contributed by atoms with Crippen molar-refractivity contribution in [1.29, 1.82) is 0 Å². The molecule has 2 rings (SSSR count). The number of hydrogen-bond donors (Lipinski definition) is 1. The summed E-state index contributed by atoms with van der Waals surface area (Å²) in [7, 11) is 0. The van der Waals surface area contributed by atoms with Crippen molar-refractivity contribution in [2.75, 3.05) is 39.4 Å². The molecule has 5 nitrogen and oxygen atoms in total. The van der Waals surface area contributed by atoms with E-state index >= 15 is 0 Å². The van der Waals surface area contributed by atoms with Crippen molar-refractivity contribution in [2.45, 2.75) is 39.7 Å². The Hall–Kier alpha value is -1.59. The lowest BCUT2D eigenvalue weighted by molar-refractivity contribution is -0.124. The average molecular weight is 348 g/mol. The number of ether oxygens (including phenoxy) is 2. The van der Waals surface area contributed by atoms with Crippen LogP contribution in [0.25, 0.3) is 0 Å². The van der Waals surface area contributed by atoms with E-state index in [1.807, 2.05) is 18.2 Å². The van der Waals surface area contributed by atoms with Gasteiger partial charge in [0.15, 0.2) is 6.61 Å². The van der Waals surface area contributed by atoms with Crippen molar-refractivity contribution >= 4 is 5.91 Å². The van der Waals surface area contributed by atoms with Crippen molar-refractivity contribution in [1.82, 2.24) is 10.2 Å². The van der Waals surface area contributed by atoms with Crippen LogP contribution in [0.15, 0.2) is 24.3 Å². The summed E-state index contributed by atoms with van der Waals surface area (Å²) < 4.78 is 11.4. The Morgan fingerprint density at radius 2 is 2.16 bits per heavy atom. The molecule has 1 aromatic rings. The van der Waals surface area contributed by atoms with Crippen LogP contribution in [0.1, 0.15) is 39.2 Å². The zero-order chi connectivity index (χ0) is 18.2. The van der Waals surface area contributed by atoms with Gasteiger partial charge in [0.25, 0.3) is 5.91 Å². The molecule has 1 N–H and O–H groups in total. The third-order valence-electron chi connectivity index (χ3n) is 4.27.